The first kappa shape index (κ1) is 31.4. The molecule has 0 aliphatic carbocycles. The summed E-state index contributed by atoms with van der Waals surface area (Å²) in [7, 11) is 1.96. The number of rotatable bonds is 11. The van der Waals surface area contributed by atoms with Crippen LogP contribution in [0.1, 0.15) is 43.8 Å². The Morgan fingerprint density at radius 2 is 1.30 bits per heavy atom. The molecule has 40 heavy (non-hydrogen) atoms. The number of benzene rings is 2. The average molecular weight is 549 g/mol. The van der Waals surface area contributed by atoms with Crippen LogP contribution in [0.25, 0.3) is 6.08 Å². The number of ether oxygens (including phenoxy) is 2. The Hall–Kier alpha value is -4.83. The van der Waals surface area contributed by atoms with Crippen LogP contribution in [-0.2, 0) is 19.1 Å². The van der Waals surface area contributed by atoms with Gasteiger partial charge in [0.2, 0.25) is 12.2 Å². The summed E-state index contributed by atoms with van der Waals surface area (Å²) >= 11 is 0. The van der Waals surface area contributed by atoms with E-state index >= 15 is 0 Å². The maximum absolute atomic E-state index is 12.2. The summed E-state index contributed by atoms with van der Waals surface area (Å²) in [6.07, 6.45) is 4.49. The number of nitrogens with one attached hydrogen (secondary N) is 1. The SMILES string of the molecule is CNCC/C=C/c1cccnc1.Cc1ccc(C(=O)O[C@@H](C(=O)O)[C@@H](OC(=O)c2ccc(C)cc2)C(=O)O)cc1. The fraction of sp³-hybridized carbons (Fsp3) is 0.233. The molecule has 1 heterocycles. The normalized spacial score (nSPS) is 12.0. The van der Waals surface area contributed by atoms with Crippen molar-refractivity contribution in [3.8, 4) is 0 Å². The summed E-state index contributed by atoms with van der Waals surface area (Å²) in [5.41, 5.74) is 2.95. The summed E-state index contributed by atoms with van der Waals surface area (Å²) in [4.78, 5) is 51.4. The second-order valence-electron chi connectivity index (χ2n) is 8.64. The minimum Gasteiger partial charge on any atom is -0.478 e. The summed E-state index contributed by atoms with van der Waals surface area (Å²) in [6, 6.07) is 16.1. The third kappa shape index (κ3) is 10.5. The zero-order valence-electron chi connectivity index (χ0n) is 22.4. The van der Waals surface area contributed by atoms with Gasteiger partial charge in [0.1, 0.15) is 0 Å². The highest BCUT2D eigenvalue weighted by molar-refractivity contribution is 5.95. The van der Waals surface area contributed by atoms with Crippen LogP contribution >= 0.6 is 0 Å². The largest absolute Gasteiger partial charge is 0.478 e. The van der Waals surface area contributed by atoms with E-state index in [9.17, 15) is 29.4 Å². The number of nitrogens with zero attached hydrogens (tertiary/aromatic N) is 1. The molecular weight excluding hydrogens is 516 g/mol. The summed E-state index contributed by atoms with van der Waals surface area (Å²) in [6.45, 7) is 4.61. The first-order chi connectivity index (χ1) is 19.1. The highest BCUT2D eigenvalue weighted by atomic mass is 16.6. The topological polar surface area (TPSA) is 152 Å². The first-order valence-electron chi connectivity index (χ1n) is 12.3. The minimum absolute atomic E-state index is 0.0332. The van der Waals surface area contributed by atoms with Crippen LogP contribution in [0.3, 0.4) is 0 Å². The van der Waals surface area contributed by atoms with Crippen LogP contribution < -0.4 is 5.32 Å². The number of carbonyl (C=O) groups excluding carboxylic acids is 2. The number of hydrogen-bond donors (Lipinski definition) is 3. The van der Waals surface area contributed by atoms with Gasteiger partial charge < -0.3 is 25.0 Å². The summed E-state index contributed by atoms with van der Waals surface area (Å²) in [5.74, 6) is -5.62. The molecule has 1 aromatic heterocycles. The number of esters is 2. The van der Waals surface area contributed by atoms with Crippen molar-refractivity contribution in [2.45, 2.75) is 32.5 Å². The fourth-order valence-corrected chi connectivity index (χ4v) is 3.15. The maximum Gasteiger partial charge on any atom is 0.349 e. The molecule has 3 aromatic rings. The number of pyridine rings is 1. The Labute approximate surface area is 232 Å². The predicted molar refractivity (Wildman–Crippen MR) is 148 cm³/mol. The second kappa shape index (κ2) is 16.2. The second-order valence-corrected chi connectivity index (χ2v) is 8.64. The molecule has 10 heteroatoms. The fourth-order valence-electron chi connectivity index (χ4n) is 3.15. The van der Waals surface area contributed by atoms with Crippen LogP contribution in [0, 0.1) is 13.8 Å². The summed E-state index contributed by atoms with van der Waals surface area (Å²) in [5, 5.41) is 21.7. The van der Waals surface area contributed by atoms with Gasteiger partial charge in [-0.2, -0.15) is 0 Å². The van der Waals surface area contributed by atoms with Crippen LogP contribution in [0.4, 0.5) is 0 Å². The van der Waals surface area contributed by atoms with Gasteiger partial charge in [0.15, 0.2) is 0 Å². The maximum atomic E-state index is 12.2. The zero-order chi connectivity index (χ0) is 29.5. The van der Waals surface area contributed by atoms with Gasteiger partial charge in [-0.25, -0.2) is 19.2 Å². The molecule has 0 aliphatic heterocycles. The van der Waals surface area contributed by atoms with Crippen molar-refractivity contribution >= 4 is 30.0 Å². The zero-order valence-corrected chi connectivity index (χ0v) is 22.4. The van der Waals surface area contributed by atoms with Crippen molar-refractivity contribution in [3.05, 3.63) is 107 Å². The van der Waals surface area contributed by atoms with E-state index in [0.717, 1.165) is 29.7 Å². The highest BCUT2D eigenvalue weighted by Crippen LogP contribution is 2.14. The van der Waals surface area contributed by atoms with E-state index in [4.69, 9.17) is 9.47 Å². The average Bonchev–Trinajstić information content (AvgIpc) is 2.94. The predicted octanol–water partition coefficient (Wildman–Crippen LogP) is 3.93. The van der Waals surface area contributed by atoms with E-state index < -0.39 is 36.1 Å². The first-order valence-corrected chi connectivity index (χ1v) is 12.3. The molecule has 2 aromatic carbocycles. The number of hydrogen-bond acceptors (Lipinski definition) is 8. The van der Waals surface area contributed by atoms with E-state index in [2.05, 4.69) is 22.5 Å². The molecule has 0 aliphatic rings. The molecule has 10 nitrogen and oxygen atoms in total. The molecule has 2 atom stereocenters. The van der Waals surface area contributed by atoms with Gasteiger partial charge >= 0.3 is 23.9 Å². The van der Waals surface area contributed by atoms with Gasteiger partial charge in [0.05, 0.1) is 11.1 Å². The monoisotopic (exact) mass is 548 g/mol. The third-order valence-electron chi connectivity index (χ3n) is 5.36. The van der Waals surface area contributed by atoms with Gasteiger partial charge in [-0.1, -0.05) is 53.6 Å². The molecule has 0 spiro atoms. The van der Waals surface area contributed by atoms with Crippen molar-refractivity contribution in [1.82, 2.24) is 10.3 Å². The molecule has 0 fully saturated rings. The Morgan fingerprint density at radius 1 is 0.825 bits per heavy atom. The van der Waals surface area contributed by atoms with Gasteiger partial charge in [-0.05, 0) is 69.8 Å². The van der Waals surface area contributed by atoms with Crippen molar-refractivity contribution in [2.75, 3.05) is 13.6 Å². The lowest BCUT2D eigenvalue weighted by Gasteiger charge is -2.21. The van der Waals surface area contributed by atoms with E-state index in [-0.39, 0.29) is 11.1 Å². The third-order valence-corrected chi connectivity index (χ3v) is 5.36. The molecule has 0 unspecified atom stereocenters. The van der Waals surface area contributed by atoms with Gasteiger partial charge in [0, 0.05) is 12.4 Å². The van der Waals surface area contributed by atoms with Gasteiger partial charge in [-0.15, -0.1) is 0 Å². The molecule has 3 rings (SSSR count). The van der Waals surface area contributed by atoms with Crippen molar-refractivity contribution in [3.63, 3.8) is 0 Å². The van der Waals surface area contributed by atoms with Gasteiger partial charge in [-0.3, -0.25) is 4.98 Å². The van der Waals surface area contributed by atoms with Crippen molar-refractivity contribution < 1.29 is 38.9 Å². The molecule has 0 radical (unpaired) electrons. The standard InChI is InChI=1S/C20H18O8.C10H14N2/c1-11-3-7-13(8-4-11)19(25)27-15(17(21)22)16(18(23)24)28-20(26)14-9-5-12(2)6-10-14;1-11-7-3-2-5-10-6-4-8-12-9-10/h3-10,15-16H,1-2H3,(H,21,22)(H,23,24);2,4-6,8-9,11H,3,7H2,1H3/b;5-2+/t15-,16-;/m1./s1. The molecular formula is C30H32N2O8. The lowest BCUT2D eigenvalue weighted by Crippen LogP contribution is -2.45. The van der Waals surface area contributed by atoms with Crippen LogP contribution in [-0.4, -0.2) is 64.9 Å². The smallest absolute Gasteiger partial charge is 0.349 e. The van der Waals surface area contributed by atoms with E-state index in [0.29, 0.717) is 0 Å². The van der Waals surface area contributed by atoms with E-state index in [1.807, 2.05) is 25.4 Å². The Kier molecular flexibility index (Phi) is 12.7. The Balaban J connectivity index is 0.000000389. The number of aliphatic carboxylic acids is 2. The van der Waals surface area contributed by atoms with E-state index in [1.165, 1.54) is 24.3 Å². The minimum atomic E-state index is -2.22. The number of aromatic nitrogens is 1. The van der Waals surface area contributed by atoms with Crippen LogP contribution in [0.5, 0.6) is 0 Å². The Morgan fingerprint density at radius 3 is 1.68 bits per heavy atom. The highest BCUT2D eigenvalue weighted by Gasteiger charge is 2.41. The quantitative estimate of drug-likeness (QED) is 0.237. The molecule has 0 saturated carbocycles. The van der Waals surface area contributed by atoms with E-state index in [1.54, 1.807) is 44.3 Å². The molecule has 0 amide bonds. The number of aryl methyl sites for hydroxylation is 2. The van der Waals surface area contributed by atoms with Crippen LogP contribution in [0.15, 0.2) is 79.1 Å². The van der Waals surface area contributed by atoms with Crippen LogP contribution in [0.2, 0.25) is 0 Å². The lowest BCUT2D eigenvalue weighted by molar-refractivity contribution is -0.166. The summed E-state index contributed by atoms with van der Waals surface area (Å²) < 4.78 is 9.64. The lowest BCUT2D eigenvalue weighted by atomic mass is 10.1. The number of carboxylic acid groups (broad SMARTS) is 2. The van der Waals surface area contributed by atoms with Crippen molar-refractivity contribution in [2.24, 2.45) is 0 Å². The molecule has 3 N–H and O–H groups in total. The Bertz CT molecular complexity index is 1210. The number of carboxylic acids is 2. The number of carbonyl (C=O) groups is 4. The molecule has 0 bridgehead atoms. The molecule has 0 saturated heterocycles. The van der Waals surface area contributed by atoms with Crippen molar-refractivity contribution in [1.29, 1.82) is 0 Å². The molecule has 210 valence electrons. The van der Waals surface area contributed by atoms with Gasteiger partial charge in [0.25, 0.3) is 0 Å².